The molecule has 3 rings (SSSR count). The molecule has 2 fully saturated rings. The molecule has 1 aromatic rings. The van der Waals surface area contributed by atoms with E-state index in [0.29, 0.717) is 25.3 Å². The SMILES string of the molecule is CNC(=O)C1CC(=O)N(C2CN(c3cccc(F)c3C#N)C2)C1. The fraction of sp³-hybridized carbons (Fsp3) is 0.438. The minimum atomic E-state index is -0.537. The normalized spacial score (nSPS) is 21.1. The van der Waals surface area contributed by atoms with E-state index in [0.717, 1.165) is 0 Å². The Morgan fingerprint density at radius 3 is 2.78 bits per heavy atom. The van der Waals surface area contributed by atoms with E-state index in [-0.39, 0.29) is 35.8 Å². The molecule has 0 spiro atoms. The first kappa shape index (κ1) is 15.3. The molecule has 2 amide bonds. The average Bonchev–Trinajstić information content (AvgIpc) is 2.87. The second kappa shape index (κ2) is 5.88. The summed E-state index contributed by atoms with van der Waals surface area (Å²) in [7, 11) is 1.56. The molecule has 1 atom stereocenters. The van der Waals surface area contributed by atoms with E-state index in [4.69, 9.17) is 5.26 Å². The summed E-state index contributed by atoms with van der Waals surface area (Å²) >= 11 is 0. The standard InChI is InChI=1S/C16H17FN4O2/c1-19-16(23)10-5-15(22)21(7-10)11-8-20(9-11)14-4-2-3-13(17)12(14)6-18/h2-4,10-11H,5,7-9H2,1H3,(H,19,23). The Labute approximate surface area is 133 Å². The van der Waals surface area contributed by atoms with Crippen molar-refractivity contribution in [2.24, 2.45) is 5.92 Å². The summed E-state index contributed by atoms with van der Waals surface area (Å²) in [6, 6.07) is 6.43. The molecule has 1 unspecified atom stereocenters. The van der Waals surface area contributed by atoms with Gasteiger partial charge in [0.15, 0.2) is 0 Å². The second-order valence-corrected chi connectivity index (χ2v) is 5.87. The van der Waals surface area contributed by atoms with E-state index in [1.807, 2.05) is 11.0 Å². The van der Waals surface area contributed by atoms with E-state index < -0.39 is 5.82 Å². The van der Waals surface area contributed by atoms with Gasteiger partial charge in [0.05, 0.1) is 17.6 Å². The van der Waals surface area contributed by atoms with Gasteiger partial charge >= 0.3 is 0 Å². The van der Waals surface area contributed by atoms with Gasteiger partial charge in [-0.05, 0) is 12.1 Å². The van der Waals surface area contributed by atoms with Crippen LogP contribution in [0.5, 0.6) is 0 Å². The summed E-state index contributed by atoms with van der Waals surface area (Å²) in [5.74, 6) is -0.979. The number of likely N-dealkylation sites (tertiary alicyclic amines) is 1. The van der Waals surface area contributed by atoms with Gasteiger partial charge in [-0.25, -0.2) is 4.39 Å². The van der Waals surface area contributed by atoms with Crippen molar-refractivity contribution in [3.05, 3.63) is 29.6 Å². The van der Waals surface area contributed by atoms with Gasteiger partial charge in [0.1, 0.15) is 17.4 Å². The Morgan fingerprint density at radius 2 is 2.13 bits per heavy atom. The molecular weight excluding hydrogens is 299 g/mol. The Kier molecular flexibility index (Phi) is 3.90. The van der Waals surface area contributed by atoms with Crippen LogP contribution < -0.4 is 10.2 Å². The van der Waals surface area contributed by atoms with Gasteiger partial charge in [-0.1, -0.05) is 6.07 Å². The zero-order valence-corrected chi connectivity index (χ0v) is 12.8. The van der Waals surface area contributed by atoms with Gasteiger partial charge in [-0.3, -0.25) is 9.59 Å². The van der Waals surface area contributed by atoms with Crippen LogP contribution in [0.1, 0.15) is 12.0 Å². The molecule has 7 heteroatoms. The number of amides is 2. The number of nitrogens with zero attached hydrogens (tertiary/aromatic N) is 3. The van der Waals surface area contributed by atoms with Crippen LogP contribution in [0.15, 0.2) is 18.2 Å². The lowest BCUT2D eigenvalue weighted by Gasteiger charge is -2.45. The van der Waals surface area contributed by atoms with Crippen molar-refractivity contribution in [2.75, 3.05) is 31.6 Å². The molecule has 2 saturated heterocycles. The fourth-order valence-electron chi connectivity index (χ4n) is 3.20. The zero-order chi connectivity index (χ0) is 16.6. The molecule has 0 aliphatic carbocycles. The van der Waals surface area contributed by atoms with Crippen molar-refractivity contribution >= 4 is 17.5 Å². The van der Waals surface area contributed by atoms with Gasteiger partial charge < -0.3 is 15.1 Å². The number of rotatable bonds is 3. The number of halogens is 1. The van der Waals surface area contributed by atoms with Crippen molar-refractivity contribution < 1.29 is 14.0 Å². The number of hydrogen-bond donors (Lipinski definition) is 1. The Bertz CT molecular complexity index is 694. The first-order valence-electron chi connectivity index (χ1n) is 7.49. The van der Waals surface area contributed by atoms with Gasteiger partial charge in [0.2, 0.25) is 11.8 Å². The number of nitrogens with one attached hydrogen (secondary N) is 1. The van der Waals surface area contributed by atoms with Crippen LogP contribution >= 0.6 is 0 Å². The van der Waals surface area contributed by atoms with E-state index in [1.54, 1.807) is 24.1 Å². The Balaban J connectivity index is 1.66. The summed E-state index contributed by atoms with van der Waals surface area (Å²) in [6.07, 6.45) is 0.236. The Hall–Kier alpha value is -2.62. The highest BCUT2D eigenvalue weighted by molar-refractivity contribution is 5.89. The first-order valence-corrected chi connectivity index (χ1v) is 7.49. The van der Waals surface area contributed by atoms with E-state index >= 15 is 0 Å². The van der Waals surface area contributed by atoms with Crippen molar-refractivity contribution in [3.8, 4) is 6.07 Å². The molecular formula is C16H17FN4O2. The highest BCUT2D eigenvalue weighted by atomic mass is 19.1. The second-order valence-electron chi connectivity index (χ2n) is 5.87. The Morgan fingerprint density at radius 1 is 1.39 bits per heavy atom. The maximum atomic E-state index is 13.7. The minimum absolute atomic E-state index is 0.00645. The molecule has 6 nitrogen and oxygen atoms in total. The number of carbonyl (C=O) groups excluding carboxylic acids is 2. The zero-order valence-electron chi connectivity index (χ0n) is 12.8. The van der Waals surface area contributed by atoms with Crippen LogP contribution in [-0.2, 0) is 9.59 Å². The predicted molar refractivity (Wildman–Crippen MR) is 81.0 cm³/mol. The quantitative estimate of drug-likeness (QED) is 0.880. The van der Waals surface area contributed by atoms with Crippen LogP contribution in [0.25, 0.3) is 0 Å². The summed E-state index contributed by atoms with van der Waals surface area (Å²) in [5.41, 5.74) is 0.584. The highest BCUT2D eigenvalue weighted by Gasteiger charge is 2.42. The lowest BCUT2D eigenvalue weighted by Crippen LogP contribution is -2.60. The molecule has 2 aliphatic heterocycles. The van der Waals surface area contributed by atoms with Crippen LogP contribution in [0.3, 0.4) is 0 Å². The highest BCUT2D eigenvalue weighted by Crippen LogP contribution is 2.31. The van der Waals surface area contributed by atoms with Crippen LogP contribution in [-0.4, -0.2) is 49.4 Å². The largest absolute Gasteiger partial charge is 0.366 e. The molecule has 120 valence electrons. The summed E-state index contributed by atoms with van der Waals surface area (Å²) in [6.45, 7) is 1.51. The minimum Gasteiger partial charge on any atom is -0.366 e. The van der Waals surface area contributed by atoms with Gasteiger partial charge in [-0.2, -0.15) is 5.26 Å². The lowest BCUT2D eigenvalue weighted by molar-refractivity contribution is -0.130. The van der Waals surface area contributed by atoms with Gasteiger partial charge in [0, 0.05) is 33.1 Å². The maximum Gasteiger partial charge on any atom is 0.225 e. The first-order chi connectivity index (χ1) is 11.0. The molecule has 0 saturated carbocycles. The van der Waals surface area contributed by atoms with E-state index in [9.17, 15) is 14.0 Å². The smallest absolute Gasteiger partial charge is 0.225 e. The van der Waals surface area contributed by atoms with E-state index in [1.165, 1.54) is 6.07 Å². The summed E-state index contributed by atoms with van der Waals surface area (Å²) < 4.78 is 13.7. The lowest BCUT2D eigenvalue weighted by atomic mass is 10.0. The molecule has 2 heterocycles. The van der Waals surface area contributed by atoms with Crippen LogP contribution in [0, 0.1) is 23.1 Å². The van der Waals surface area contributed by atoms with Crippen molar-refractivity contribution in [1.29, 1.82) is 5.26 Å². The summed E-state index contributed by atoms with van der Waals surface area (Å²) in [5, 5.41) is 11.7. The number of benzene rings is 1. The maximum absolute atomic E-state index is 13.7. The molecule has 2 aliphatic rings. The summed E-state index contributed by atoms with van der Waals surface area (Å²) in [4.78, 5) is 27.3. The molecule has 0 radical (unpaired) electrons. The van der Waals surface area contributed by atoms with Crippen molar-refractivity contribution in [2.45, 2.75) is 12.5 Å². The third kappa shape index (κ3) is 2.61. The van der Waals surface area contributed by atoms with Gasteiger partial charge in [-0.15, -0.1) is 0 Å². The molecule has 0 bridgehead atoms. The predicted octanol–water partition coefficient (Wildman–Crippen LogP) is 0.480. The number of carbonyl (C=O) groups is 2. The number of nitriles is 1. The monoisotopic (exact) mass is 316 g/mol. The molecule has 0 aromatic heterocycles. The third-order valence-corrected chi connectivity index (χ3v) is 4.52. The fourth-order valence-corrected chi connectivity index (χ4v) is 3.20. The van der Waals surface area contributed by atoms with Crippen molar-refractivity contribution in [1.82, 2.24) is 10.2 Å². The van der Waals surface area contributed by atoms with Gasteiger partial charge in [0.25, 0.3) is 0 Å². The number of anilines is 1. The van der Waals surface area contributed by atoms with Crippen molar-refractivity contribution in [3.63, 3.8) is 0 Å². The van der Waals surface area contributed by atoms with Crippen LogP contribution in [0.4, 0.5) is 10.1 Å². The topological polar surface area (TPSA) is 76.4 Å². The molecule has 1 aromatic carbocycles. The molecule has 1 N–H and O–H groups in total. The molecule has 23 heavy (non-hydrogen) atoms. The van der Waals surface area contributed by atoms with E-state index in [2.05, 4.69) is 5.32 Å². The average molecular weight is 316 g/mol. The van der Waals surface area contributed by atoms with Crippen LogP contribution in [0.2, 0.25) is 0 Å². The number of hydrogen-bond acceptors (Lipinski definition) is 4. The third-order valence-electron chi connectivity index (χ3n) is 4.52.